The molecule has 3 rings (SSSR count). The Morgan fingerprint density at radius 2 is 1.78 bits per heavy atom. The number of hydrogen-bond acceptors (Lipinski definition) is 2. The van der Waals surface area contributed by atoms with Crippen LogP contribution in [-0.2, 0) is 0 Å². The minimum atomic E-state index is 0.117. The molecule has 0 bridgehead atoms. The summed E-state index contributed by atoms with van der Waals surface area (Å²) in [6.45, 7) is 8.87. The molecule has 2 atom stereocenters. The number of halogens is 1. The van der Waals surface area contributed by atoms with Gasteiger partial charge in [-0.15, -0.1) is 0 Å². The third-order valence-electron chi connectivity index (χ3n) is 5.24. The van der Waals surface area contributed by atoms with Gasteiger partial charge in [0.05, 0.1) is 0 Å². The molecule has 3 nitrogen and oxygen atoms in total. The molecular formula is C19H27ClN2O. The van der Waals surface area contributed by atoms with Crippen LogP contribution in [0.5, 0.6) is 0 Å². The average Bonchev–Trinajstić information content (AvgIpc) is 2.53. The standard InChI is InChI=1S/C19H27ClN2O/c1-14-10-15(2)13-22(12-14)18-6-8-21(9-7-18)19(23)16-4-3-5-17(20)11-16/h3-5,11,14-15,18H,6-10,12-13H2,1-2H3/t14-,15-/m0/s1. The first-order valence-corrected chi connectivity index (χ1v) is 9.19. The molecule has 0 unspecified atom stereocenters. The second-order valence-corrected chi connectivity index (χ2v) is 7.87. The van der Waals surface area contributed by atoms with Gasteiger partial charge < -0.3 is 4.90 Å². The van der Waals surface area contributed by atoms with Crippen LogP contribution in [0.1, 0.15) is 43.5 Å². The summed E-state index contributed by atoms with van der Waals surface area (Å²) in [6.07, 6.45) is 3.53. The van der Waals surface area contributed by atoms with Gasteiger partial charge in [-0.3, -0.25) is 9.69 Å². The molecule has 0 spiro atoms. The lowest BCUT2D eigenvalue weighted by atomic mass is 9.89. The Morgan fingerprint density at radius 1 is 1.13 bits per heavy atom. The van der Waals surface area contributed by atoms with Crippen LogP contribution >= 0.6 is 11.6 Å². The zero-order valence-electron chi connectivity index (χ0n) is 14.2. The van der Waals surface area contributed by atoms with Crippen molar-refractivity contribution in [2.45, 2.75) is 39.2 Å². The summed E-state index contributed by atoms with van der Waals surface area (Å²) in [5, 5.41) is 0.627. The maximum Gasteiger partial charge on any atom is 0.253 e. The molecule has 2 aliphatic heterocycles. The van der Waals surface area contributed by atoms with Gasteiger partial charge in [0.15, 0.2) is 0 Å². The number of likely N-dealkylation sites (tertiary alicyclic amines) is 2. The highest BCUT2D eigenvalue weighted by atomic mass is 35.5. The fraction of sp³-hybridized carbons (Fsp3) is 0.632. The average molecular weight is 335 g/mol. The molecular weight excluding hydrogens is 308 g/mol. The zero-order valence-corrected chi connectivity index (χ0v) is 14.9. The molecule has 1 amide bonds. The van der Waals surface area contributed by atoms with Gasteiger partial charge in [-0.1, -0.05) is 31.5 Å². The van der Waals surface area contributed by atoms with Crippen LogP contribution in [0.2, 0.25) is 5.02 Å². The number of carbonyl (C=O) groups is 1. The Bertz CT molecular complexity index is 544. The largest absolute Gasteiger partial charge is 0.339 e. The summed E-state index contributed by atoms with van der Waals surface area (Å²) in [5.74, 6) is 1.71. The van der Waals surface area contributed by atoms with Crippen LogP contribution < -0.4 is 0 Å². The topological polar surface area (TPSA) is 23.6 Å². The van der Waals surface area contributed by atoms with Crippen molar-refractivity contribution < 1.29 is 4.79 Å². The van der Waals surface area contributed by atoms with Gasteiger partial charge in [0, 0.05) is 42.8 Å². The van der Waals surface area contributed by atoms with E-state index >= 15 is 0 Å². The van der Waals surface area contributed by atoms with E-state index in [1.165, 1.54) is 19.5 Å². The van der Waals surface area contributed by atoms with Gasteiger partial charge in [-0.25, -0.2) is 0 Å². The first-order valence-electron chi connectivity index (χ1n) is 8.82. The lowest BCUT2D eigenvalue weighted by molar-refractivity contribution is 0.0450. The van der Waals surface area contributed by atoms with Crippen LogP contribution in [0.25, 0.3) is 0 Å². The summed E-state index contributed by atoms with van der Waals surface area (Å²) in [7, 11) is 0. The molecule has 2 aliphatic rings. The quantitative estimate of drug-likeness (QED) is 0.818. The fourth-order valence-corrected chi connectivity index (χ4v) is 4.44. The van der Waals surface area contributed by atoms with Crippen molar-refractivity contribution in [1.82, 2.24) is 9.80 Å². The molecule has 0 radical (unpaired) electrons. The highest BCUT2D eigenvalue weighted by Gasteiger charge is 2.31. The summed E-state index contributed by atoms with van der Waals surface area (Å²) >= 11 is 6.00. The molecule has 1 aromatic carbocycles. The Morgan fingerprint density at radius 3 is 2.39 bits per heavy atom. The molecule has 2 heterocycles. The van der Waals surface area contributed by atoms with E-state index < -0.39 is 0 Å². The number of carbonyl (C=O) groups excluding carboxylic acids is 1. The van der Waals surface area contributed by atoms with Gasteiger partial charge in [-0.2, -0.15) is 0 Å². The molecule has 4 heteroatoms. The zero-order chi connectivity index (χ0) is 16.4. The van der Waals surface area contributed by atoms with Crippen LogP contribution in [0.4, 0.5) is 0 Å². The minimum Gasteiger partial charge on any atom is -0.339 e. The normalized spacial score (nSPS) is 27.2. The molecule has 2 fully saturated rings. The van der Waals surface area contributed by atoms with Gasteiger partial charge in [0.25, 0.3) is 5.91 Å². The molecule has 2 saturated heterocycles. The predicted molar refractivity (Wildman–Crippen MR) is 94.9 cm³/mol. The van der Waals surface area contributed by atoms with E-state index in [9.17, 15) is 4.79 Å². The van der Waals surface area contributed by atoms with E-state index in [4.69, 9.17) is 11.6 Å². The second-order valence-electron chi connectivity index (χ2n) is 7.43. The van der Waals surface area contributed by atoms with Crippen molar-refractivity contribution in [3.63, 3.8) is 0 Å². The van der Waals surface area contributed by atoms with E-state index in [-0.39, 0.29) is 5.91 Å². The Balaban J connectivity index is 1.57. The third-order valence-corrected chi connectivity index (χ3v) is 5.47. The highest BCUT2D eigenvalue weighted by Crippen LogP contribution is 2.27. The van der Waals surface area contributed by atoms with Crippen molar-refractivity contribution in [1.29, 1.82) is 0 Å². The predicted octanol–water partition coefficient (Wildman–Crippen LogP) is 3.92. The van der Waals surface area contributed by atoms with E-state index in [1.807, 2.05) is 23.1 Å². The number of piperidine rings is 2. The van der Waals surface area contributed by atoms with E-state index in [0.717, 1.165) is 37.8 Å². The van der Waals surface area contributed by atoms with Crippen LogP contribution in [-0.4, -0.2) is 47.9 Å². The Kier molecular flexibility index (Phi) is 5.27. The van der Waals surface area contributed by atoms with Crippen molar-refractivity contribution in [2.75, 3.05) is 26.2 Å². The maximum absolute atomic E-state index is 12.6. The smallest absolute Gasteiger partial charge is 0.253 e. The van der Waals surface area contributed by atoms with Crippen molar-refractivity contribution in [3.8, 4) is 0 Å². The summed E-state index contributed by atoms with van der Waals surface area (Å²) in [6, 6.07) is 7.92. The van der Waals surface area contributed by atoms with Gasteiger partial charge >= 0.3 is 0 Å². The van der Waals surface area contributed by atoms with Crippen LogP contribution in [0.15, 0.2) is 24.3 Å². The number of benzene rings is 1. The first kappa shape index (κ1) is 16.8. The molecule has 0 N–H and O–H groups in total. The number of rotatable bonds is 2. The Hall–Kier alpha value is -1.06. The lowest BCUT2D eigenvalue weighted by Gasteiger charge is -2.43. The number of amides is 1. The molecule has 0 aliphatic carbocycles. The van der Waals surface area contributed by atoms with Gasteiger partial charge in [0.2, 0.25) is 0 Å². The third kappa shape index (κ3) is 4.07. The fourth-order valence-electron chi connectivity index (χ4n) is 4.25. The highest BCUT2D eigenvalue weighted by molar-refractivity contribution is 6.30. The Labute approximate surface area is 144 Å². The van der Waals surface area contributed by atoms with E-state index in [2.05, 4.69) is 18.7 Å². The van der Waals surface area contributed by atoms with Gasteiger partial charge in [-0.05, 0) is 49.3 Å². The summed E-state index contributed by atoms with van der Waals surface area (Å²) in [4.78, 5) is 17.2. The lowest BCUT2D eigenvalue weighted by Crippen LogP contribution is -2.50. The molecule has 1 aromatic rings. The molecule has 0 aromatic heterocycles. The van der Waals surface area contributed by atoms with Crippen molar-refractivity contribution in [3.05, 3.63) is 34.9 Å². The molecule has 126 valence electrons. The minimum absolute atomic E-state index is 0.117. The molecule has 0 saturated carbocycles. The second kappa shape index (κ2) is 7.23. The van der Waals surface area contributed by atoms with Crippen LogP contribution in [0.3, 0.4) is 0 Å². The van der Waals surface area contributed by atoms with Crippen molar-refractivity contribution in [2.24, 2.45) is 11.8 Å². The molecule has 23 heavy (non-hydrogen) atoms. The van der Waals surface area contributed by atoms with E-state index in [0.29, 0.717) is 16.6 Å². The van der Waals surface area contributed by atoms with Crippen LogP contribution in [0, 0.1) is 11.8 Å². The maximum atomic E-state index is 12.6. The number of hydrogen-bond donors (Lipinski definition) is 0. The summed E-state index contributed by atoms with van der Waals surface area (Å²) in [5.41, 5.74) is 0.705. The number of nitrogens with zero attached hydrogens (tertiary/aromatic N) is 2. The van der Waals surface area contributed by atoms with Gasteiger partial charge in [0.1, 0.15) is 0 Å². The monoisotopic (exact) mass is 334 g/mol. The SMILES string of the molecule is C[C@H]1C[C@H](C)CN(C2CCN(C(=O)c3cccc(Cl)c3)CC2)C1. The van der Waals surface area contributed by atoms with Crippen molar-refractivity contribution >= 4 is 17.5 Å². The first-order chi connectivity index (χ1) is 11.0. The summed E-state index contributed by atoms with van der Waals surface area (Å²) < 4.78 is 0. The van der Waals surface area contributed by atoms with E-state index in [1.54, 1.807) is 6.07 Å².